The van der Waals surface area contributed by atoms with E-state index in [1.165, 1.54) is 32.1 Å². The lowest BCUT2D eigenvalue weighted by Crippen LogP contribution is -2.54. The summed E-state index contributed by atoms with van der Waals surface area (Å²) in [7, 11) is 0. The van der Waals surface area contributed by atoms with E-state index in [0.717, 1.165) is 19.6 Å². The number of carbonyl (C=O) groups excluding carboxylic acids is 1. The predicted octanol–water partition coefficient (Wildman–Crippen LogP) is 1.85. The fourth-order valence-electron chi connectivity index (χ4n) is 3.70. The molecule has 1 unspecified atom stereocenters. The molecule has 2 rings (SSSR count). The molecule has 1 amide bonds. The fraction of sp³-hybridized carbons (Fsp3) is 0.938. The maximum atomic E-state index is 12.7. The topological polar surface area (TPSA) is 35.6 Å². The molecule has 20 heavy (non-hydrogen) atoms. The minimum Gasteiger partial charge on any atom is -0.336 e. The smallest absolute Gasteiger partial charge is 0.237 e. The van der Waals surface area contributed by atoms with Crippen molar-refractivity contribution in [2.24, 2.45) is 0 Å². The first-order chi connectivity index (χ1) is 9.58. The Labute approximate surface area is 123 Å². The molecule has 1 aliphatic heterocycles. The molecule has 1 aliphatic carbocycles. The van der Waals surface area contributed by atoms with Crippen LogP contribution in [0.2, 0.25) is 0 Å². The van der Waals surface area contributed by atoms with Crippen LogP contribution in [0.25, 0.3) is 0 Å². The highest BCUT2D eigenvalue weighted by Gasteiger charge is 2.29. The molecule has 4 nitrogen and oxygen atoms in total. The number of hydrogen-bond acceptors (Lipinski definition) is 3. The van der Waals surface area contributed by atoms with Gasteiger partial charge in [0.25, 0.3) is 0 Å². The summed E-state index contributed by atoms with van der Waals surface area (Å²) in [6.45, 7) is 10.1. The van der Waals surface area contributed by atoms with Gasteiger partial charge in [-0.25, -0.2) is 0 Å². The van der Waals surface area contributed by atoms with Crippen LogP contribution in [0.3, 0.4) is 0 Å². The van der Waals surface area contributed by atoms with Gasteiger partial charge in [-0.05, 0) is 33.6 Å². The van der Waals surface area contributed by atoms with Gasteiger partial charge in [-0.15, -0.1) is 0 Å². The Kier molecular flexibility index (Phi) is 5.85. The van der Waals surface area contributed by atoms with Gasteiger partial charge in [-0.1, -0.05) is 19.3 Å². The number of nitrogens with one attached hydrogen (secondary N) is 1. The van der Waals surface area contributed by atoms with Gasteiger partial charge in [0.05, 0.1) is 6.54 Å². The zero-order valence-corrected chi connectivity index (χ0v) is 13.4. The largest absolute Gasteiger partial charge is 0.336 e. The summed E-state index contributed by atoms with van der Waals surface area (Å²) >= 11 is 0. The summed E-state index contributed by atoms with van der Waals surface area (Å²) in [5, 5.41) is 3.43. The van der Waals surface area contributed by atoms with E-state index in [9.17, 15) is 4.79 Å². The van der Waals surface area contributed by atoms with E-state index in [4.69, 9.17) is 0 Å². The normalized spacial score (nSPS) is 25.9. The third-order valence-corrected chi connectivity index (χ3v) is 4.62. The summed E-state index contributed by atoms with van der Waals surface area (Å²) in [6, 6.07) is 1.31. The van der Waals surface area contributed by atoms with E-state index in [0.29, 0.717) is 30.6 Å². The van der Waals surface area contributed by atoms with Crippen molar-refractivity contribution in [1.29, 1.82) is 0 Å². The molecule has 0 aromatic carbocycles. The third-order valence-electron chi connectivity index (χ3n) is 4.62. The molecule has 2 aliphatic rings. The Morgan fingerprint density at radius 2 is 2.00 bits per heavy atom. The molecule has 1 atom stereocenters. The van der Waals surface area contributed by atoms with E-state index in [2.05, 4.69) is 35.9 Å². The predicted molar refractivity (Wildman–Crippen MR) is 82.8 cm³/mol. The van der Waals surface area contributed by atoms with Crippen LogP contribution >= 0.6 is 0 Å². The maximum Gasteiger partial charge on any atom is 0.237 e. The summed E-state index contributed by atoms with van der Waals surface area (Å²) in [4.78, 5) is 17.2. The van der Waals surface area contributed by atoms with Gasteiger partial charge in [0.1, 0.15) is 0 Å². The number of carbonyl (C=O) groups is 1. The number of hydrogen-bond donors (Lipinski definition) is 1. The molecule has 116 valence electrons. The van der Waals surface area contributed by atoms with E-state index in [1.54, 1.807) is 0 Å². The number of nitrogens with zero attached hydrogens (tertiary/aromatic N) is 2. The lowest BCUT2D eigenvalue weighted by molar-refractivity contribution is -0.137. The molecule has 2 fully saturated rings. The van der Waals surface area contributed by atoms with Crippen LogP contribution in [0, 0.1) is 0 Å². The van der Waals surface area contributed by atoms with Crippen LogP contribution in [-0.2, 0) is 4.79 Å². The van der Waals surface area contributed by atoms with Gasteiger partial charge >= 0.3 is 0 Å². The SMILES string of the molecule is CC1CN(CC(=O)N(C(C)C)C2CCCCC2)CCN1. The van der Waals surface area contributed by atoms with Crippen molar-refractivity contribution >= 4 is 5.91 Å². The van der Waals surface area contributed by atoms with Crippen LogP contribution in [0.15, 0.2) is 0 Å². The summed E-state index contributed by atoms with van der Waals surface area (Å²) in [5.41, 5.74) is 0. The highest BCUT2D eigenvalue weighted by Crippen LogP contribution is 2.24. The molecule has 1 N–H and O–H groups in total. The first-order valence-electron chi connectivity index (χ1n) is 8.35. The molecule has 0 bridgehead atoms. The summed E-state index contributed by atoms with van der Waals surface area (Å²) in [5.74, 6) is 0.334. The molecule has 1 saturated carbocycles. The van der Waals surface area contributed by atoms with Crippen molar-refractivity contribution in [1.82, 2.24) is 15.1 Å². The Bertz CT molecular complexity index is 313. The first kappa shape index (κ1) is 15.8. The molecule has 0 aromatic heterocycles. The van der Waals surface area contributed by atoms with E-state index >= 15 is 0 Å². The molecule has 4 heteroatoms. The Morgan fingerprint density at radius 3 is 2.60 bits per heavy atom. The van der Waals surface area contributed by atoms with Gasteiger partial charge in [0, 0.05) is 37.8 Å². The summed E-state index contributed by atoms with van der Waals surface area (Å²) < 4.78 is 0. The zero-order chi connectivity index (χ0) is 14.5. The zero-order valence-electron chi connectivity index (χ0n) is 13.4. The van der Waals surface area contributed by atoms with Crippen molar-refractivity contribution in [3.8, 4) is 0 Å². The van der Waals surface area contributed by atoms with Crippen LogP contribution in [0.1, 0.15) is 52.9 Å². The molecular weight excluding hydrogens is 250 g/mol. The second kappa shape index (κ2) is 7.41. The van der Waals surface area contributed by atoms with E-state index in [1.807, 2.05) is 0 Å². The number of piperazine rings is 1. The van der Waals surface area contributed by atoms with Crippen LogP contribution in [0.5, 0.6) is 0 Å². The molecule has 0 aromatic rings. The Hall–Kier alpha value is -0.610. The van der Waals surface area contributed by atoms with Crippen molar-refractivity contribution in [3.05, 3.63) is 0 Å². The van der Waals surface area contributed by atoms with Crippen molar-refractivity contribution < 1.29 is 4.79 Å². The highest BCUT2D eigenvalue weighted by atomic mass is 16.2. The van der Waals surface area contributed by atoms with Gasteiger partial charge in [-0.2, -0.15) is 0 Å². The van der Waals surface area contributed by atoms with Crippen LogP contribution in [-0.4, -0.2) is 60.0 Å². The van der Waals surface area contributed by atoms with Crippen LogP contribution in [0.4, 0.5) is 0 Å². The number of amides is 1. The first-order valence-corrected chi connectivity index (χ1v) is 8.35. The monoisotopic (exact) mass is 281 g/mol. The second-order valence-electron chi connectivity index (χ2n) is 6.78. The fourth-order valence-corrected chi connectivity index (χ4v) is 3.70. The van der Waals surface area contributed by atoms with Crippen molar-refractivity contribution in [2.75, 3.05) is 26.2 Å². The lowest BCUT2D eigenvalue weighted by atomic mass is 9.93. The van der Waals surface area contributed by atoms with Crippen molar-refractivity contribution in [3.63, 3.8) is 0 Å². The lowest BCUT2D eigenvalue weighted by Gasteiger charge is -2.39. The molecule has 0 spiro atoms. The Morgan fingerprint density at radius 1 is 1.30 bits per heavy atom. The van der Waals surface area contributed by atoms with E-state index < -0.39 is 0 Å². The average Bonchev–Trinajstić information content (AvgIpc) is 2.39. The van der Waals surface area contributed by atoms with Gasteiger partial charge in [0.15, 0.2) is 0 Å². The van der Waals surface area contributed by atoms with Crippen molar-refractivity contribution in [2.45, 2.75) is 71.0 Å². The van der Waals surface area contributed by atoms with Crippen LogP contribution < -0.4 is 5.32 Å². The molecular formula is C16H31N3O. The minimum atomic E-state index is 0.325. The molecule has 0 radical (unpaired) electrons. The standard InChI is InChI=1S/C16H31N3O/c1-13(2)19(15-7-5-4-6-8-15)16(20)12-18-10-9-17-14(3)11-18/h13-15,17H,4-12H2,1-3H3. The van der Waals surface area contributed by atoms with Gasteiger partial charge in [-0.3, -0.25) is 9.69 Å². The Balaban J connectivity index is 1.92. The average molecular weight is 281 g/mol. The summed E-state index contributed by atoms with van der Waals surface area (Å²) in [6.07, 6.45) is 6.30. The van der Waals surface area contributed by atoms with Gasteiger partial charge in [0.2, 0.25) is 5.91 Å². The highest BCUT2D eigenvalue weighted by molar-refractivity contribution is 5.79. The quantitative estimate of drug-likeness (QED) is 0.854. The molecule has 1 saturated heterocycles. The van der Waals surface area contributed by atoms with Gasteiger partial charge < -0.3 is 10.2 Å². The third kappa shape index (κ3) is 4.19. The maximum absolute atomic E-state index is 12.7. The van der Waals surface area contributed by atoms with E-state index in [-0.39, 0.29) is 0 Å². The molecule has 1 heterocycles. The number of rotatable bonds is 4. The second-order valence-corrected chi connectivity index (χ2v) is 6.78. The minimum absolute atomic E-state index is 0.325.